The van der Waals surface area contributed by atoms with Crippen LogP contribution >= 0.6 is 15.9 Å². The third kappa shape index (κ3) is 3.32. The summed E-state index contributed by atoms with van der Waals surface area (Å²) in [6, 6.07) is 13.3. The van der Waals surface area contributed by atoms with Crippen LogP contribution in [0.25, 0.3) is 0 Å². The molecule has 0 saturated carbocycles. The average molecular weight is 425 g/mol. The number of halogens is 4. The lowest BCUT2D eigenvalue weighted by Crippen LogP contribution is -2.38. The summed E-state index contributed by atoms with van der Waals surface area (Å²) in [7, 11) is 0. The van der Waals surface area contributed by atoms with E-state index in [9.17, 15) is 13.2 Å². The van der Waals surface area contributed by atoms with Gasteiger partial charge in [-0.3, -0.25) is 0 Å². The van der Waals surface area contributed by atoms with Crippen molar-refractivity contribution in [2.45, 2.75) is 25.1 Å². The molecule has 2 aromatic rings. The lowest BCUT2D eigenvalue weighted by molar-refractivity contribution is -0.137. The summed E-state index contributed by atoms with van der Waals surface area (Å²) in [6.45, 7) is 0.669. The molecule has 0 aliphatic carbocycles. The molecule has 2 atom stereocenters. The summed E-state index contributed by atoms with van der Waals surface area (Å²) < 4.78 is 39.4. The first kappa shape index (κ1) is 17.4. The Labute approximate surface area is 157 Å². The molecule has 0 saturated heterocycles. The van der Waals surface area contributed by atoms with Crippen LogP contribution in [0.1, 0.15) is 17.5 Å². The molecule has 0 amide bonds. The van der Waals surface area contributed by atoms with Gasteiger partial charge in [-0.25, -0.2) is 0 Å². The van der Waals surface area contributed by atoms with E-state index in [1.807, 2.05) is 18.2 Å². The predicted octanol–water partition coefficient (Wildman–Crippen LogP) is 5.51. The van der Waals surface area contributed by atoms with Crippen molar-refractivity contribution in [3.05, 3.63) is 59.7 Å². The molecule has 0 fully saturated rings. The van der Waals surface area contributed by atoms with Crippen LogP contribution in [0.2, 0.25) is 0 Å². The molecule has 7 heteroatoms. The van der Waals surface area contributed by atoms with Gasteiger partial charge >= 0.3 is 6.18 Å². The maximum absolute atomic E-state index is 12.9. The van der Waals surface area contributed by atoms with Crippen LogP contribution in [-0.2, 0) is 17.4 Å². The van der Waals surface area contributed by atoms with Crippen LogP contribution in [-0.4, -0.2) is 17.3 Å². The molecule has 136 valence electrons. The minimum Gasteiger partial charge on any atom is -0.391 e. The van der Waals surface area contributed by atoms with Gasteiger partial charge in [0.05, 0.1) is 5.56 Å². The van der Waals surface area contributed by atoms with Crippen molar-refractivity contribution in [2.75, 3.05) is 11.4 Å². The monoisotopic (exact) mass is 424 g/mol. The van der Waals surface area contributed by atoms with Crippen molar-refractivity contribution in [1.82, 2.24) is 0 Å². The van der Waals surface area contributed by atoms with Crippen LogP contribution in [0, 0.1) is 5.92 Å². The van der Waals surface area contributed by atoms with Crippen LogP contribution in [0.3, 0.4) is 0 Å². The fourth-order valence-corrected chi connectivity index (χ4v) is 3.97. The number of benzene rings is 2. The SMILES string of the molecule is FC(F)(F)c1ccc(N2CC(C3CC(Br)=NO3)Cc3ccccc32)cc1. The van der Waals surface area contributed by atoms with E-state index in [4.69, 9.17) is 4.84 Å². The van der Waals surface area contributed by atoms with Crippen LogP contribution in [0.5, 0.6) is 0 Å². The van der Waals surface area contributed by atoms with Crippen molar-refractivity contribution in [1.29, 1.82) is 0 Å². The normalized spacial score (nSPS) is 22.6. The van der Waals surface area contributed by atoms with E-state index >= 15 is 0 Å². The maximum Gasteiger partial charge on any atom is 0.416 e. The third-order valence-corrected chi connectivity index (χ3v) is 5.34. The van der Waals surface area contributed by atoms with Gasteiger partial charge in [0.2, 0.25) is 0 Å². The standard InChI is InChI=1S/C19H16BrF3N2O/c20-18-10-17(26-24-18)13-9-12-3-1-2-4-16(12)25(11-13)15-7-5-14(6-8-15)19(21,22)23/h1-8,13,17H,9-11H2. The fourth-order valence-electron chi connectivity index (χ4n) is 3.57. The number of oxime groups is 1. The number of hydrogen-bond acceptors (Lipinski definition) is 3. The molecule has 4 rings (SSSR count). The van der Waals surface area contributed by atoms with Crippen molar-refractivity contribution >= 4 is 31.9 Å². The van der Waals surface area contributed by atoms with Crippen molar-refractivity contribution in [3.8, 4) is 0 Å². The Bertz CT molecular complexity index is 835. The Kier molecular flexibility index (Phi) is 4.42. The molecule has 0 N–H and O–H groups in total. The number of fused-ring (bicyclic) bond motifs is 1. The Balaban J connectivity index is 1.65. The molecule has 2 aromatic carbocycles. The van der Waals surface area contributed by atoms with Gasteiger partial charge in [0.25, 0.3) is 0 Å². The minimum absolute atomic E-state index is 0.0327. The molecular weight excluding hydrogens is 409 g/mol. The molecule has 2 aliphatic heterocycles. The third-order valence-electron chi connectivity index (χ3n) is 4.87. The molecule has 26 heavy (non-hydrogen) atoms. The first-order valence-corrected chi connectivity index (χ1v) is 9.12. The highest BCUT2D eigenvalue weighted by Crippen LogP contribution is 2.39. The number of hydrogen-bond donors (Lipinski definition) is 0. The van der Waals surface area contributed by atoms with Crippen molar-refractivity contribution in [2.24, 2.45) is 11.1 Å². The van der Waals surface area contributed by atoms with E-state index < -0.39 is 11.7 Å². The van der Waals surface area contributed by atoms with Gasteiger partial charge in [-0.1, -0.05) is 23.4 Å². The van der Waals surface area contributed by atoms with Gasteiger partial charge in [0.15, 0.2) is 0 Å². The highest BCUT2D eigenvalue weighted by atomic mass is 79.9. The van der Waals surface area contributed by atoms with Crippen molar-refractivity contribution in [3.63, 3.8) is 0 Å². The lowest BCUT2D eigenvalue weighted by Gasteiger charge is -2.37. The molecule has 2 unspecified atom stereocenters. The summed E-state index contributed by atoms with van der Waals surface area (Å²) in [5.74, 6) is 0.200. The molecule has 2 heterocycles. The van der Waals surface area contributed by atoms with Crippen LogP contribution < -0.4 is 4.90 Å². The Hall–Kier alpha value is -2.02. The quantitative estimate of drug-likeness (QED) is 0.634. The second-order valence-corrected chi connectivity index (χ2v) is 7.48. The fraction of sp³-hybridized carbons (Fsp3) is 0.316. The van der Waals surface area contributed by atoms with Gasteiger partial charge in [0.1, 0.15) is 10.7 Å². The van der Waals surface area contributed by atoms with Gasteiger partial charge in [-0.15, -0.1) is 0 Å². The van der Waals surface area contributed by atoms with E-state index in [0.717, 1.165) is 40.1 Å². The van der Waals surface area contributed by atoms with Gasteiger partial charge in [0, 0.05) is 30.3 Å². The average Bonchev–Trinajstić information content (AvgIpc) is 3.06. The largest absolute Gasteiger partial charge is 0.416 e. The number of anilines is 2. The Morgan fingerprint density at radius 2 is 1.77 bits per heavy atom. The zero-order chi connectivity index (χ0) is 18.3. The molecule has 3 nitrogen and oxygen atoms in total. The summed E-state index contributed by atoms with van der Waals surface area (Å²) in [5, 5.41) is 3.97. The second-order valence-electron chi connectivity index (χ2n) is 6.56. The highest BCUT2D eigenvalue weighted by Gasteiger charge is 2.35. The Morgan fingerprint density at radius 3 is 2.42 bits per heavy atom. The number of para-hydroxylation sites is 1. The van der Waals surface area contributed by atoms with E-state index in [0.29, 0.717) is 13.0 Å². The molecule has 0 aromatic heterocycles. The minimum atomic E-state index is -4.33. The molecule has 0 bridgehead atoms. The van der Waals surface area contributed by atoms with E-state index in [-0.39, 0.29) is 12.0 Å². The van der Waals surface area contributed by atoms with Crippen LogP contribution in [0.15, 0.2) is 53.7 Å². The molecule has 0 radical (unpaired) electrons. The highest BCUT2D eigenvalue weighted by molar-refractivity contribution is 9.18. The molecule has 0 spiro atoms. The first-order chi connectivity index (χ1) is 12.4. The predicted molar refractivity (Wildman–Crippen MR) is 97.9 cm³/mol. The first-order valence-electron chi connectivity index (χ1n) is 8.33. The van der Waals surface area contributed by atoms with Gasteiger partial charge in [-0.2, -0.15) is 13.2 Å². The second kappa shape index (κ2) is 6.61. The Morgan fingerprint density at radius 1 is 1.04 bits per heavy atom. The lowest BCUT2D eigenvalue weighted by atomic mass is 9.87. The maximum atomic E-state index is 12.9. The van der Waals surface area contributed by atoms with E-state index in [2.05, 4.69) is 32.1 Å². The smallest absolute Gasteiger partial charge is 0.391 e. The molecular formula is C19H16BrF3N2O. The zero-order valence-electron chi connectivity index (χ0n) is 13.7. The van der Waals surface area contributed by atoms with Crippen molar-refractivity contribution < 1.29 is 18.0 Å². The van der Waals surface area contributed by atoms with E-state index in [1.165, 1.54) is 12.1 Å². The number of nitrogens with zero attached hydrogens (tertiary/aromatic N) is 2. The summed E-state index contributed by atoms with van der Waals surface area (Å²) in [4.78, 5) is 7.60. The topological polar surface area (TPSA) is 24.8 Å². The van der Waals surface area contributed by atoms with Gasteiger partial charge in [-0.05, 0) is 58.2 Å². The van der Waals surface area contributed by atoms with Gasteiger partial charge < -0.3 is 9.74 Å². The summed E-state index contributed by atoms with van der Waals surface area (Å²) in [6.07, 6.45) is -2.79. The summed E-state index contributed by atoms with van der Waals surface area (Å²) >= 11 is 3.37. The zero-order valence-corrected chi connectivity index (χ0v) is 15.3. The number of alkyl halides is 3. The molecule has 2 aliphatic rings. The van der Waals surface area contributed by atoms with Crippen LogP contribution in [0.4, 0.5) is 24.5 Å². The van der Waals surface area contributed by atoms with E-state index in [1.54, 1.807) is 0 Å². The number of rotatable bonds is 2. The summed E-state index contributed by atoms with van der Waals surface area (Å²) in [5.41, 5.74) is 2.30.